The van der Waals surface area contributed by atoms with E-state index in [4.69, 9.17) is 9.47 Å². The van der Waals surface area contributed by atoms with Gasteiger partial charge in [0, 0.05) is 31.3 Å². The highest BCUT2D eigenvalue weighted by molar-refractivity contribution is 14.0. The third-order valence-electron chi connectivity index (χ3n) is 3.53. The molecule has 1 aromatic carbocycles. The smallest absolute Gasteiger partial charge is 0.387 e. The van der Waals surface area contributed by atoms with Crippen LogP contribution in [-0.2, 0) is 16.6 Å². The highest BCUT2D eigenvalue weighted by atomic mass is 127. The average molecular weight is 550 g/mol. The molecule has 166 valence electrons. The van der Waals surface area contributed by atoms with Crippen LogP contribution in [0.1, 0.15) is 18.9 Å². The maximum atomic E-state index is 12.7. The number of rotatable bonds is 10. The van der Waals surface area contributed by atoms with Crippen LogP contribution in [0.2, 0.25) is 0 Å². The zero-order chi connectivity index (χ0) is 20.6. The molecule has 0 atom stereocenters. The van der Waals surface area contributed by atoms with E-state index in [-0.39, 0.29) is 43.1 Å². The molecule has 29 heavy (non-hydrogen) atoms. The number of alkyl halides is 2. The lowest BCUT2D eigenvalue weighted by Crippen LogP contribution is -2.38. The van der Waals surface area contributed by atoms with E-state index in [1.165, 1.54) is 6.07 Å². The minimum atomic E-state index is -3.22. The largest absolute Gasteiger partial charge is 0.454 e. The van der Waals surface area contributed by atoms with E-state index in [0.717, 1.165) is 6.26 Å². The SMILES string of the molecule is CCNC(=NCc1cc2c(cc1OC(F)F)OCO2)NCCCNS(C)(=O)=O.I. The molecule has 3 N–H and O–H groups in total. The molecule has 13 heteroatoms. The van der Waals surface area contributed by atoms with Gasteiger partial charge in [0.25, 0.3) is 0 Å². The molecule has 0 saturated carbocycles. The predicted molar refractivity (Wildman–Crippen MR) is 115 cm³/mol. The van der Waals surface area contributed by atoms with Crippen LogP contribution < -0.4 is 29.6 Å². The van der Waals surface area contributed by atoms with Crippen molar-refractivity contribution in [2.24, 2.45) is 4.99 Å². The quantitative estimate of drug-likeness (QED) is 0.176. The lowest BCUT2D eigenvalue weighted by atomic mass is 10.1. The number of hydrogen-bond acceptors (Lipinski definition) is 6. The molecular weight excluding hydrogens is 525 g/mol. The summed E-state index contributed by atoms with van der Waals surface area (Å²) in [5.74, 6) is 1.21. The van der Waals surface area contributed by atoms with Gasteiger partial charge in [0.1, 0.15) is 5.75 Å². The van der Waals surface area contributed by atoms with Gasteiger partial charge in [-0.3, -0.25) is 0 Å². The second-order valence-corrected chi connectivity index (χ2v) is 7.67. The predicted octanol–water partition coefficient (Wildman–Crippen LogP) is 1.63. The minimum Gasteiger partial charge on any atom is -0.454 e. The molecule has 0 radical (unpaired) electrons. The first-order chi connectivity index (χ1) is 13.3. The van der Waals surface area contributed by atoms with Crippen molar-refractivity contribution < 1.29 is 31.4 Å². The highest BCUT2D eigenvalue weighted by Crippen LogP contribution is 2.38. The van der Waals surface area contributed by atoms with Gasteiger partial charge in [0.15, 0.2) is 17.5 Å². The van der Waals surface area contributed by atoms with E-state index in [1.807, 2.05) is 6.92 Å². The number of halogens is 3. The third kappa shape index (κ3) is 9.16. The highest BCUT2D eigenvalue weighted by Gasteiger charge is 2.20. The number of aliphatic imine (C=N–C) groups is 1. The van der Waals surface area contributed by atoms with Crippen molar-refractivity contribution in [1.29, 1.82) is 0 Å². The number of sulfonamides is 1. The summed E-state index contributed by atoms with van der Waals surface area (Å²) in [6, 6.07) is 2.92. The average Bonchev–Trinajstić information content (AvgIpc) is 3.04. The molecule has 0 aromatic heterocycles. The standard InChI is InChI=1S/C16H24F2N4O5S.HI/c1-3-19-16(20-5-4-6-22-28(2,23)24)21-9-11-7-13-14(26-10-25-13)8-12(11)27-15(17)18;/h7-8,15,22H,3-6,9-10H2,1-2H3,(H2,19,20,21);1H. The van der Waals surface area contributed by atoms with Crippen LogP contribution >= 0.6 is 24.0 Å². The summed E-state index contributed by atoms with van der Waals surface area (Å²) in [5.41, 5.74) is 0.417. The van der Waals surface area contributed by atoms with Crippen molar-refractivity contribution in [2.45, 2.75) is 26.5 Å². The molecule has 0 fully saturated rings. The Bertz CT molecular complexity index is 796. The second kappa shape index (κ2) is 12.2. The topological polar surface area (TPSA) is 110 Å². The number of fused-ring (bicyclic) bond motifs is 1. The monoisotopic (exact) mass is 550 g/mol. The molecule has 0 bridgehead atoms. The lowest BCUT2D eigenvalue weighted by molar-refractivity contribution is -0.0505. The zero-order valence-corrected chi connectivity index (χ0v) is 19.2. The molecule has 0 unspecified atom stereocenters. The van der Waals surface area contributed by atoms with Crippen LogP contribution in [0, 0.1) is 0 Å². The van der Waals surface area contributed by atoms with Gasteiger partial charge in [-0.2, -0.15) is 8.78 Å². The van der Waals surface area contributed by atoms with Gasteiger partial charge < -0.3 is 24.8 Å². The minimum absolute atomic E-state index is 0. The van der Waals surface area contributed by atoms with Crippen LogP contribution in [-0.4, -0.2) is 53.7 Å². The molecule has 9 nitrogen and oxygen atoms in total. The fourth-order valence-electron chi connectivity index (χ4n) is 2.35. The first-order valence-electron chi connectivity index (χ1n) is 8.62. The Morgan fingerprint density at radius 3 is 2.55 bits per heavy atom. The molecule has 0 spiro atoms. The zero-order valence-electron chi connectivity index (χ0n) is 16.0. The van der Waals surface area contributed by atoms with E-state index >= 15 is 0 Å². The number of ether oxygens (including phenoxy) is 3. The van der Waals surface area contributed by atoms with E-state index in [9.17, 15) is 17.2 Å². The van der Waals surface area contributed by atoms with Crippen molar-refractivity contribution in [3.05, 3.63) is 17.7 Å². The Morgan fingerprint density at radius 1 is 1.24 bits per heavy atom. The molecule has 1 heterocycles. The van der Waals surface area contributed by atoms with Gasteiger partial charge in [-0.25, -0.2) is 18.1 Å². The van der Waals surface area contributed by atoms with E-state index in [2.05, 4.69) is 25.1 Å². The van der Waals surface area contributed by atoms with Gasteiger partial charge in [0.05, 0.1) is 12.8 Å². The fourth-order valence-corrected chi connectivity index (χ4v) is 2.87. The first kappa shape index (κ1) is 25.4. The summed E-state index contributed by atoms with van der Waals surface area (Å²) in [6.45, 7) is 0.341. The van der Waals surface area contributed by atoms with Crippen LogP contribution in [0.4, 0.5) is 8.78 Å². The van der Waals surface area contributed by atoms with Gasteiger partial charge >= 0.3 is 6.61 Å². The van der Waals surface area contributed by atoms with Crippen molar-refractivity contribution in [3.63, 3.8) is 0 Å². The summed E-state index contributed by atoms with van der Waals surface area (Å²) in [7, 11) is -3.22. The number of benzene rings is 1. The van der Waals surface area contributed by atoms with Gasteiger partial charge in [-0.1, -0.05) is 0 Å². The van der Waals surface area contributed by atoms with Crippen molar-refractivity contribution >= 4 is 40.0 Å². The molecule has 1 aliphatic heterocycles. The Hall–Kier alpha value is -1.61. The number of nitrogens with zero attached hydrogens (tertiary/aromatic N) is 1. The van der Waals surface area contributed by atoms with Gasteiger partial charge in [-0.15, -0.1) is 24.0 Å². The maximum Gasteiger partial charge on any atom is 0.387 e. The molecule has 0 saturated heterocycles. The summed E-state index contributed by atoms with van der Waals surface area (Å²) < 4.78 is 64.8. The van der Waals surface area contributed by atoms with Crippen LogP contribution in [0.5, 0.6) is 17.2 Å². The summed E-state index contributed by atoms with van der Waals surface area (Å²) in [4.78, 5) is 4.36. The number of guanidine groups is 1. The lowest BCUT2D eigenvalue weighted by Gasteiger charge is -2.13. The first-order valence-corrected chi connectivity index (χ1v) is 10.5. The molecule has 2 rings (SSSR count). The molecular formula is C16H25F2IN4O5S. The van der Waals surface area contributed by atoms with Crippen molar-refractivity contribution in [2.75, 3.05) is 32.7 Å². The van der Waals surface area contributed by atoms with E-state index in [1.54, 1.807) is 6.07 Å². The Balaban J connectivity index is 0.00000420. The summed E-state index contributed by atoms with van der Waals surface area (Å²) >= 11 is 0. The summed E-state index contributed by atoms with van der Waals surface area (Å²) in [5, 5.41) is 6.08. The Morgan fingerprint density at radius 2 is 1.93 bits per heavy atom. The van der Waals surface area contributed by atoms with Crippen LogP contribution in [0.25, 0.3) is 0 Å². The number of hydrogen-bond donors (Lipinski definition) is 3. The normalized spacial score (nSPS) is 13.2. The van der Waals surface area contributed by atoms with E-state index in [0.29, 0.717) is 49.1 Å². The Kier molecular flexibility index (Phi) is 10.7. The molecule has 0 amide bonds. The van der Waals surface area contributed by atoms with Crippen LogP contribution in [0.3, 0.4) is 0 Å². The molecule has 1 aliphatic rings. The maximum absolute atomic E-state index is 12.7. The molecule has 0 aliphatic carbocycles. The second-order valence-electron chi connectivity index (χ2n) is 5.83. The molecule has 1 aromatic rings. The van der Waals surface area contributed by atoms with Crippen molar-refractivity contribution in [3.8, 4) is 17.2 Å². The Labute approximate surface area is 185 Å². The number of nitrogens with one attached hydrogen (secondary N) is 3. The van der Waals surface area contributed by atoms with Crippen molar-refractivity contribution in [1.82, 2.24) is 15.4 Å². The third-order valence-corrected chi connectivity index (χ3v) is 4.26. The van der Waals surface area contributed by atoms with Crippen LogP contribution in [0.15, 0.2) is 17.1 Å². The van der Waals surface area contributed by atoms with Gasteiger partial charge in [-0.05, 0) is 19.4 Å². The fraction of sp³-hybridized carbons (Fsp3) is 0.562. The van der Waals surface area contributed by atoms with Gasteiger partial charge in [0.2, 0.25) is 16.8 Å². The van der Waals surface area contributed by atoms with E-state index < -0.39 is 16.6 Å². The summed E-state index contributed by atoms with van der Waals surface area (Å²) in [6.07, 6.45) is 1.64.